The maximum atomic E-state index is 13.6. The van der Waals surface area contributed by atoms with E-state index in [4.69, 9.17) is 9.47 Å². The third-order valence-corrected chi connectivity index (χ3v) is 7.31. The molecule has 4 rings (SSSR count). The van der Waals surface area contributed by atoms with Crippen molar-refractivity contribution in [2.24, 2.45) is 11.8 Å². The molecule has 7 heteroatoms. The molecule has 190 valence electrons. The zero-order valence-electron chi connectivity index (χ0n) is 21.4. The molecule has 0 aliphatic carbocycles. The Bertz CT molecular complexity index is 990. The third-order valence-electron chi connectivity index (χ3n) is 7.31. The van der Waals surface area contributed by atoms with Gasteiger partial charge in [0, 0.05) is 50.5 Å². The number of carbonyl (C=O) groups excluding carboxylic acids is 1. The summed E-state index contributed by atoms with van der Waals surface area (Å²) < 4.78 is 12.0. The maximum absolute atomic E-state index is 13.6. The van der Waals surface area contributed by atoms with Gasteiger partial charge < -0.3 is 24.4 Å². The topological polar surface area (TPSA) is 75.1 Å². The molecule has 35 heavy (non-hydrogen) atoms. The first-order valence-electron chi connectivity index (χ1n) is 12.8. The van der Waals surface area contributed by atoms with Crippen LogP contribution in [0.3, 0.4) is 0 Å². The van der Waals surface area contributed by atoms with Crippen LogP contribution in [-0.4, -0.2) is 84.4 Å². The lowest BCUT2D eigenvalue weighted by molar-refractivity contribution is 0.0254. The molecule has 2 aromatic rings. The fourth-order valence-corrected chi connectivity index (χ4v) is 4.98. The van der Waals surface area contributed by atoms with Gasteiger partial charge in [-0.25, -0.2) is 4.98 Å². The summed E-state index contributed by atoms with van der Waals surface area (Å²) in [6.07, 6.45) is 3.84. The van der Waals surface area contributed by atoms with Crippen molar-refractivity contribution in [3.63, 3.8) is 0 Å². The van der Waals surface area contributed by atoms with E-state index >= 15 is 0 Å². The molecule has 7 nitrogen and oxygen atoms in total. The van der Waals surface area contributed by atoms with E-state index in [2.05, 4.69) is 42.9 Å². The number of aryl methyl sites for hydroxylation is 1. The van der Waals surface area contributed by atoms with Gasteiger partial charge in [0.2, 0.25) is 5.88 Å². The Hall–Kier alpha value is -2.48. The van der Waals surface area contributed by atoms with Gasteiger partial charge in [-0.05, 0) is 51.3 Å². The van der Waals surface area contributed by atoms with Crippen LogP contribution in [0.4, 0.5) is 0 Å². The van der Waals surface area contributed by atoms with Gasteiger partial charge in [-0.2, -0.15) is 0 Å². The Balaban J connectivity index is 1.62. The van der Waals surface area contributed by atoms with Crippen LogP contribution in [0.1, 0.15) is 42.6 Å². The van der Waals surface area contributed by atoms with Crippen LogP contribution in [-0.2, 0) is 4.74 Å². The SMILES string of the molecule is Cc1ccc(-c2cnc3c(c2)C(=O)N([C@@H](C)CO)C[C@@H](C)[C@@H](CN(C)CC2CCOCC2)O3)cc1. The van der Waals surface area contributed by atoms with Crippen molar-refractivity contribution in [1.82, 2.24) is 14.8 Å². The molecule has 0 spiro atoms. The van der Waals surface area contributed by atoms with Gasteiger partial charge in [0.1, 0.15) is 11.7 Å². The van der Waals surface area contributed by atoms with E-state index < -0.39 is 0 Å². The molecule has 1 fully saturated rings. The zero-order chi connectivity index (χ0) is 24.9. The summed E-state index contributed by atoms with van der Waals surface area (Å²) in [7, 11) is 2.14. The summed E-state index contributed by atoms with van der Waals surface area (Å²) in [5.41, 5.74) is 3.51. The number of nitrogens with zero attached hydrogens (tertiary/aromatic N) is 3. The van der Waals surface area contributed by atoms with E-state index in [9.17, 15) is 9.90 Å². The summed E-state index contributed by atoms with van der Waals surface area (Å²) in [4.78, 5) is 22.4. The van der Waals surface area contributed by atoms with E-state index in [-0.39, 0.29) is 30.6 Å². The summed E-state index contributed by atoms with van der Waals surface area (Å²) in [6, 6.07) is 9.77. The number of ether oxygens (including phenoxy) is 2. The molecular formula is C28H39N3O4. The number of aliphatic hydroxyl groups is 1. The Morgan fingerprint density at radius 2 is 1.89 bits per heavy atom. The average molecular weight is 482 g/mol. The zero-order valence-corrected chi connectivity index (χ0v) is 21.4. The number of aromatic nitrogens is 1. The van der Waals surface area contributed by atoms with Crippen molar-refractivity contribution in [3.05, 3.63) is 47.7 Å². The van der Waals surface area contributed by atoms with Crippen LogP contribution in [0.5, 0.6) is 5.88 Å². The Labute approximate surface area is 209 Å². The van der Waals surface area contributed by atoms with E-state index in [0.29, 0.717) is 23.9 Å². The van der Waals surface area contributed by atoms with E-state index in [1.807, 2.05) is 25.1 Å². The van der Waals surface area contributed by atoms with Gasteiger partial charge >= 0.3 is 0 Å². The predicted octanol–water partition coefficient (Wildman–Crippen LogP) is 3.64. The molecule has 1 saturated heterocycles. The van der Waals surface area contributed by atoms with Crippen LogP contribution in [0.25, 0.3) is 11.1 Å². The van der Waals surface area contributed by atoms with Gasteiger partial charge in [-0.1, -0.05) is 36.8 Å². The minimum atomic E-state index is -0.292. The molecule has 0 radical (unpaired) electrons. The Morgan fingerprint density at radius 3 is 2.57 bits per heavy atom. The van der Waals surface area contributed by atoms with Crippen molar-refractivity contribution >= 4 is 5.91 Å². The number of hydrogen-bond donors (Lipinski definition) is 1. The number of hydrogen-bond acceptors (Lipinski definition) is 6. The molecule has 0 saturated carbocycles. The lowest BCUT2D eigenvalue weighted by Gasteiger charge is -2.38. The fraction of sp³-hybridized carbons (Fsp3) is 0.571. The molecular weight excluding hydrogens is 442 g/mol. The van der Waals surface area contributed by atoms with Crippen molar-refractivity contribution in [1.29, 1.82) is 0 Å². The van der Waals surface area contributed by atoms with E-state index in [1.54, 1.807) is 11.1 Å². The third kappa shape index (κ3) is 6.21. The maximum Gasteiger partial charge on any atom is 0.259 e. The highest BCUT2D eigenvalue weighted by molar-refractivity contribution is 5.98. The van der Waals surface area contributed by atoms with Crippen molar-refractivity contribution < 1.29 is 19.4 Å². The molecule has 2 aliphatic heterocycles. The van der Waals surface area contributed by atoms with Crippen LogP contribution >= 0.6 is 0 Å². The number of amides is 1. The van der Waals surface area contributed by atoms with Gasteiger partial charge in [0.05, 0.1) is 12.6 Å². The number of carbonyl (C=O) groups is 1. The quantitative estimate of drug-likeness (QED) is 0.651. The van der Waals surface area contributed by atoms with E-state index in [0.717, 1.165) is 50.3 Å². The summed E-state index contributed by atoms with van der Waals surface area (Å²) in [5, 5.41) is 9.89. The monoisotopic (exact) mass is 481 g/mol. The normalized spacial score (nSPS) is 22.3. The molecule has 1 amide bonds. The largest absolute Gasteiger partial charge is 0.472 e. The van der Waals surface area contributed by atoms with Crippen molar-refractivity contribution in [2.75, 3.05) is 46.5 Å². The lowest BCUT2D eigenvalue weighted by atomic mass is 9.97. The second kappa shape index (κ2) is 11.5. The summed E-state index contributed by atoms with van der Waals surface area (Å²) in [6.45, 7) is 9.90. The number of aliphatic hydroxyl groups excluding tert-OH is 1. The van der Waals surface area contributed by atoms with Gasteiger partial charge in [-0.3, -0.25) is 4.79 Å². The Kier molecular flexibility index (Phi) is 8.42. The average Bonchev–Trinajstić information content (AvgIpc) is 2.86. The summed E-state index contributed by atoms with van der Waals surface area (Å²) >= 11 is 0. The van der Waals surface area contributed by atoms with Crippen molar-refractivity contribution in [2.45, 2.75) is 45.8 Å². The van der Waals surface area contributed by atoms with Crippen LogP contribution < -0.4 is 4.74 Å². The second-order valence-electron chi connectivity index (χ2n) is 10.3. The van der Waals surface area contributed by atoms with E-state index in [1.165, 1.54) is 5.56 Å². The minimum absolute atomic E-state index is 0.0804. The van der Waals surface area contributed by atoms with Crippen LogP contribution in [0, 0.1) is 18.8 Å². The number of benzene rings is 1. The number of fused-ring (bicyclic) bond motifs is 1. The Morgan fingerprint density at radius 1 is 1.17 bits per heavy atom. The molecule has 1 aromatic carbocycles. The number of pyridine rings is 1. The number of likely N-dealkylation sites (N-methyl/N-ethyl adjacent to an activating group) is 1. The first kappa shape index (κ1) is 25.6. The summed E-state index contributed by atoms with van der Waals surface area (Å²) in [5.74, 6) is 0.935. The van der Waals surface area contributed by atoms with Gasteiger partial charge in [-0.15, -0.1) is 0 Å². The first-order valence-corrected chi connectivity index (χ1v) is 12.8. The molecule has 3 atom stereocenters. The van der Waals surface area contributed by atoms with Gasteiger partial charge in [0.25, 0.3) is 5.91 Å². The molecule has 3 heterocycles. The van der Waals surface area contributed by atoms with Crippen LogP contribution in [0.15, 0.2) is 36.5 Å². The first-order chi connectivity index (χ1) is 16.9. The molecule has 1 aromatic heterocycles. The highest BCUT2D eigenvalue weighted by atomic mass is 16.5. The lowest BCUT2D eigenvalue weighted by Crippen LogP contribution is -2.50. The second-order valence-corrected chi connectivity index (χ2v) is 10.3. The van der Waals surface area contributed by atoms with Gasteiger partial charge in [0.15, 0.2) is 0 Å². The highest BCUT2D eigenvalue weighted by Crippen LogP contribution is 2.30. The minimum Gasteiger partial charge on any atom is -0.472 e. The number of rotatable bonds is 7. The van der Waals surface area contributed by atoms with Crippen LogP contribution in [0.2, 0.25) is 0 Å². The highest BCUT2D eigenvalue weighted by Gasteiger charge is 2.34. The molecule has 0 unspecified atom stereocenters. The molecule has 0 bridgehead atoms. The van der Waals surface area contributed by atoms with Crippen molar-refractivity contribution in [3.8, 4) is 17.0 Å². The standard InChI is InChI=1S/C28H39N3O4/c1-19-5-7-23(8-6-19)24-13-25-27(29-14-24)35-26(17-30(4)16-22-9-11-34-12-10-22)20(2)15-31(28(25)33)21(3)18-32/h5-8,13-14,20-22,26,32H,9-12,15-18H2,1-4H3/t20-,21+,26-/m1/s1. The molecule has 1 N–H and O–H groups in total. The predicted molar refractivity (Wildman–Crippen MR) is 137 cm³/mol. The fourth-order valence-electron chi connectivity index (χ4n) is 4.98. The molecule has 2 aliphatic rings. The smallest absolute Gasteiger partial charge is 0.259 e.